The zero-order chi connectivity index (χ0) is 17.3. The van der Waals surface area contributed by atoms with Crippen molar-refractivity contribution < 1.29 is 9.84 Å². The highest BCUT2D eigenvalue weighted by atomic mass is 32.2. The average Bonchev–Trinajstić information content (AvgIpc) is 2.53. The average molecular weight is 344 g/mol. The lowest BCUT2D eigenvalue weighted by atomic mass is 10.1. The zero-order valence-electron chi connectivity index (χ0n) is 14.6. The maximum atomic E-state index is 10.1. The molecule has 24 heavy (non-hydrogen) atoms. The summed E-state index contributed by atoms with van der Waals surface area (Å²) in [6.07, 6.45) is 0. The molecule has 1 aliphatic rings. The number of ether oxygens (including phenoxy) is 1. The molecular formula is C19H24N2O2S. The Bertz CT molecular complexity index is 733. The van der Waals surface area contributed by atoms with Crippen LogP contribution in [0.4, 0.5) is 11.4 Å². The monoisotopic (exact) mass is 344 g/mol. The lowest BCUT2D eigenvalue weighted by Crippen LogP contribution is -2.31. The number of fused-ring (bicyclic) bond motifs is 2. The number of methoxy groups -OCH3 is 1. The Morgan fingerprint density at radius 3 is 2.62 bits per heavy atom. The second-order valence-corrected chi connectivity index (χ2v) is 7.62. The van der Waals surface area contributed by atoms with E-state index in [9.17, 15) is 5.11 Å². The van der Waals surface area contributed by atoms with E-state index in [0.717, 1.165) is 23.7 Å². The Morgan fingerprint density at radius 2 is 1.92 bits per heavy atom. The number of aromatic hydroxyl groups is 1. The maximum absolute atomic E-state index is 10.1. The van der Waals surface area contributed by atoms with E-state index in [-0.39, 0.29) is 5.75 Å². The van der Waals surface area contributed by atoms with E-state index in [1.165, 1.54) is 10.6 Å². The standard InChI is InChI=1S/C19H24N2O2S/c1-13(11-20(2)3)12-21-14-7-5-6-8-18(14)24-19-10-16(22)17(23-4)9-15(19)21/h5-10,13,22H,11-12H2,1-4H3. The van der Waals surface area contributed by atoms with Gasteiger partial charge in [-0.15, -0.1) is 0 Å². The van der Waals surface area contributed by atoms with Gasteiger partial charge in [0.2, 0.25) is 0 Å². The summed E-state index contributed by atoms with van der Waals surface area (Å²) >= 11 is 1.69. The van der Waals surface area contributed by atoms with Crippen LogP contribution in [-0.4, -0.2) is 44.3 Å². The van der Waals surface area contributed by atoms with Crippen LogP contribution in [0.1, 0.15) is 6.92 Å². The first kappa shape index (κ1) is 17.0. The van der Waals surface area contributed by atoms with Crippen molar-refractivity contribution in [2.45, 2.75) is 16.7 Å². The van der Waals surface area contributed by atoms with Gasteiger partial charge in [-0.05, 0) is 38.2 Å². The van der Waals surface area contributed by atoms with Crippen molar-refractivity contribution in [1.29, 1.82) is 0 Å². The number of para-hydroxylation sites is 1. The molecule has 0 fully saturated rings. The molecule has 0 amide bonds. The molecule has 2 aromatic carbocycles. The van der Waals surface area contributed by atoms with E-state index in [4.69, 9.17) is 4.74 Å². The van der Waals surface area contributed by atoms with Crippen LogP contribution in [0.15, 0.2) is 46.2 Å². The minimum atomic E-state index is 0.185. The van der Waals surface area contributed by atoms with Gasteiger partial charge in [-0.25, -0.2) is 0 Å². The molecule has 128 valence electrons. The van der Waals surface area contributed by atoms with Crippen LogP contribution in [-0.2, 0) is 0 Å². The minimum Gasteiger partial charge on any atom is -0.504 e. The highest BCUT2D eigenvalue weighted by Gasteiger charge is 2.26. The highest BCUT2D eigenvalue weighted by Crippen LogP contribution is 2.51. The van der Waals surface area contributed by atoms with Crippen molar-refractivity contribution in [3.63, 3.8) is 0 Å². The highest BCUT2D eigenvalue weighted by molar-refractivity contribution is 7.99. The largest absolute Gasteiger partial charge is 0.504 e. The number of hydrogen-bond donors (Lipinski definition) is 1. The zero-order valence-corrected chi connectivity index (χ0v) is 15.4. The van der Waals surface area contributed by atoms with Gasteiger partial charge in [0.15, 0.2) is 11.5 Å². The molecule has 0 radical (unpaired) electrons. The first-order chi connectivity index (χ1) is 11.5. The van der Waals surface area contributed by atoms with Gasteiger partial charge in [0, 0.05) is 28.9 Å². The van der Waals surface area contributed by atoms with Crippen LogP contribution in [0.3, 0.4) is 0 Å². The van der Waals surface area contributed by atoms with Gasteiger partial charge in [0.1, 0.15) is 0 Å². The lowest BCUT2D eigenvalue weighted by molar-refractivity contribution is 0.342. The third-order valence-corrected chi connectivity index (χ3v) is 5.21. The molecule has 2 aromatic rings. The fourth-order valence-corrected chi connectivity index (χ4v) is 4.31. The SMILES string of the molecule is COc1cc2c(cc1O)Sc1ccccc1N2CC(C)CN(C)C. The second-order valence-electron chi connectivity index (χ2n) is 6.54. The molecule has 0 spiro atoms. The normalized spacial score (nSPS) is 14.3. The third-order valence-electron chi connectivity index (χ3n) is 4.10. The van der Waals surface area contributed by atoms with E-state index >= 15 is 0 Å². The fraction of sp³-hybridized carbons (Fsp3) is 0.368. The molecule has 1 aliphatic heterocycles. The molecular weight excluding hydrogens is 320 g/mol. The first-order valence-electron chi connectivity index (χ1n) is 8.09. The van der Waals surface area contributed by atoms with E-state index in [1.54, 1.807) is 24.9 Å². The smallest absolute Gasteiger partial charge is 0.162 e. The third kappa shape index (κ3) is 3.32. The van der Waals surface area contributed by atoms with E-state index in [2.05, 4.69) is 55.1 Å². The van der Waals surface area contributed by atoms with E-state index in [1.807, 2.05) is 6.07 Å². The van der Waals surface area contributed by atoms with Gasteiger partial charge in [0.25, 0.3) is 0 Å². The summed E-state index contributed by atoms with van der Waals surface area (Å²) in [4.78, 5) is 6.83. The topological polar surface area (TPSA) is 35.9 Å². The maximum Gasteiger partial charge on any atom is 0.162 e. The molecule has 5 heteroatoms. The second kappa shape index (κ2) is 6.95. The van der Waals surface area contributed by atoms with Gasteiger partial charge < -0.3 is 19.6 Å². The van der Waals surface area contributed by atoms with Crippen molar-refractivity contribution in [3.8, 4) is 11.5 Å². The number of anilines is 2. The first-order valence-corrected chi connectivity index (χ1v) is 8.91. The summed E-state index contributed by atoms with van der Waals surface area (Å²) in [6, 6.07) is 12.2. The number of rotatable bonds is 5. The number of nitrogens with zero attached hydrogens (tertiary/aromatic N) is 2. The Kier molecular flexibility index (Phi) is 4.92. The van der Waals surface area contributed by atoms with Crippen LogP contribution >= 0.6 is 11.8 Å². The Morgan fingerprint density at radius 1 is 1.17 bits per heavy atom. The van der Waals surface area contributed by atoms with Crippen molar-refractivity contribution in [2.75, 3.05) is 39.2 Å². The van der Waals surface area contributed by atoms with Crippen LogP contribution in [0, 0.1) is 5.92 Å². The van der Waals surface area contributed by atoms with Gasteiger partial charge in [0.05, 0.1) is 18.5 Å². The molecule has 0 bridgehead atoms. The van der Waals surface area contributed by atoms with Gasteiger partial charge >= 0.3 is 0 Å². The molecule has 0 saturated heterocycles. The Balaban J connectivity index is 2.03. The van der Waals surface area contributed by atoms with Crippen molar-refractivity contribution in [1.82, 2.24) is 4.90 Å². The van der Waals surface area contributed by atoms with Gasteiger partial charge in [-0.3, -0.25) is 0 Å². The Hall–Kier alpha value is -1.85. The number of benzene rings is 2. The molecule has 0 aliphatic carbocycles. The molecule has 4 nitrogen and oxygen atoms in total. The summed E-state index contributed by atoms with van der Waals surface area (Å²) in [5, 5.41) is 10.1. The summed E-state index contributed by atoms with van der Waals surface area (Å²) in [7, 11) is 5.79. The fourth-order valence-electron chi connectivity index (χ4n) is 3.20. The number of hydrogen-bond acceptors (Lipinski definition) is 5. The lowest BCUT2D eigenvalue weighted by Gasteiger charge is -2.35. The van der Waals surface area contributed by atoms with Crippen molar-refractivity contribution in [2.24, 2.45) is 5.92 Å². The predicted molar refractivity (Wildman–Crippen MR) is 99.9 cm³/mol. The number of phenols is 1. The minimum absolute atomic E-state index is 0.185. The summed E-state index contributed by atoms with van der Waals surface area (Å²) < 4.78 is 5.32. The van der Waals surface area contributed by atoms with Crippen LogP contribution in [0.5, 0.6) is 11.5 Å². The van der Waals surface area contributed by atoms with Crippen LogP contribution in [0.2, 0.25) is 0 Å². The predicted octanol–water partition coefficient (Wildman–Crippen LogP) is 4.20. The molecule has 1 N–H and O–H groups in total. The molecule has 1 heterocycles. The van der Waals surface area contributed by atoms with Crippen LogP contribution < -0.4 is 9.64 Å². The summed E-state index contributed by atoms with van der Waals surface area (Å²) in [6.45, 7) is 4.20. The Labute approximate surface area is 148 Å². The molecule has 1 atom stereocenters. The van der Waals surface area contributed by atoms with Crippen LogP contribution in [0.25, 0.3) is 0 Å². The quantitative estimate of drug-likeness (QED) is 0.879. The molecule has 1 unspecified atom stereocenters. The van der Waals surface area contributed by atoms with E-state index < -0.39 is 0 Å². The van der Waals surface area contributed by atoms with Crippen molar-refractivity contribution in [3.05, 3.63) is 36.4 Å². The van der Waals surface area contributed by atoms with E-state index in [0.29, 0.717) is 11.7 Å². The van der Waals surface area contributed by atoms with Gasteiger partial charge in [-0.2, -0.15) is 0 Å². The summed E-state index contributed by atoms with van der Waals surface area (Å²) in [5.41, 5.74) is 2.31. The molecule has 0 saturated carbocycles. The van der Waals surface area contributed by atoms with Crippen molar-refractivity contribution >= 4 is 23.1 Å². The molecule has 3 rings (SSSR count). The molecule has 0 aromatic heterocycles. The summed E-state index contributed by atoms with van der Waals surface area (Å²) in [5.74, 6) is 1.20. The number of phenolic OH excluding ortho intramolecular Hbond substituents is 1. The van der Waals surface area contributed by atoms with Gasteiger partial charge in [-0.1, -0.05) is 30.8 Å².